The van der Waals surface area contributed by atoms with E-state index in [4.69, 9.17) is 21.7 Å². The highest BCUT2D eigenvalue weighted by molar-refractivity contribution is 7.71. The van der Waals surface area contributed by atoms with Crippen LogP contribution in [0.15, 0.2) is 34.3 Å². The van der Waals surface area contributed by atoms with Crippen molar-refractivity contribution >= 4 is 24.0 Å². The topological polar surface area (TPSA) is 116 Å². The highest BCUT2D eigenvalue weighted by Crippen LogP contribution is 2.41. The molecule has 136 valence electrons. The fourth-order valence-corrected chi connectivity index (χ4v) is 3.27. The van der Waals surface area contributed by atoms with E-state index >= 15 is 0 Å². The first-order valence-electron chi connectivity index (χ1n) is 7.66. The van der Waals surface area contributed by atoms with Crippen LogP contribution >= 0.6 is 12.2 Å². The van der Waals surface area contributed by atoms with Crippen LogP contribution in [-0.2, 0) is 9.53 Å². The molecule has 0 saturated carbocycles. The van der Waals surface area contributed by atoms with Gasteiger partial charge in [0.15, 0.2) is 16.3 Å². The number of methoxy groups -OCH3 is 2. The first-order valence-corrected chi connectivity index (χ1v) is 8.07. The Morgan fingerprint density at radius 1 is 1.27 bits per heavy atom. The fourth-order valence-electron chi connectivity index (χ4n) is 3.07. The number of H-pyrrole nitrogens is 2. The number of carbonyl (C=O) groups excluding carboxylic acids is 1. The Balaban J connectivity index is 2.33. The van der Waals surface area contributed by atoms with Crippen molar-refractivity contribution < 1.29 is 19.4 Å². The van der Waals surface area contributed by atoms with Crippen LogP contribution in [0.3, 0.4) is 0 Å². The minimum Gasteiger partial charge on any atom is -0.504 e. The third-order valence-corrected chi connectivity index (χ3v) is 4.42. The smallest absolute Gasteiger partial charge is 0.336 e. The Morgan fingerprint density at radius 3 is 2.65 bits per heavy atom. The van der Waals surface area contributed by atoms with Gasteiger partial charge in [-0.25, -0.2) is 4.79 Å². The molecule has 2 heterocycles. The van der Waals surface area contributed by atoms with Gasteiger partial charge in [0.2, 0.25) is 0 Å². The number of fused-ring (bicyclic) bond motifs is 1. The van der Waals surface area contributed by atoms with Gasteiger partial charge in [-0.15, -0.1) is 0 Å². The number of ether oxygens (including phenoxy) is 2. The van der Waals surface area contributed by atoms with Crippen LogP contribution in [0.1, 0.15) is 24.0 Å². The van der Waals surface area contributed by atoms with Crippen molar-refractivity contribution in [3.05, 3.63) is 55.7 Å². The van der Waals surface area contributed by atoms with E-state index in [9.17, 15) is 14.7 Å². The fraction of sp³-hybridized carbons (Fsp3) is 0.235. The number of phenols is 1. The molecule has 2 aromatic rings. The van der Waals surface area contributed by atoms with Gasteiger partial charge in [0, 0.05) is 5.70 Å². The minimum absolute atomic E-state index is 0.0490. The molecule has 3 rings (SSSR count). The van der Waals surface area contributed by atoms with Crippen LogP contribution < -0.4 is 15.6 Å². The van der Waals surface area contributed by atoms with Crippen molar-refractivity contribution in [1.29, 1.82) is 0 Å². The molecule has 1 aromatic heterocycles. The number of carbonyl (C=O) groups is 1. The van der Waals surface area contributed by atoms with Gasteiger partial charge in [-0.3, -0.25) is 9.78 Å². The van der Waals surface area contributed by atoms with Gasteiger partial charge in [0.05, 0.1) is 31.3 Å². The molecular formula is C17H17N3O5S. The molecule has 1 atom stereocenters. The summed E-state index contributed by atoms with van der Waals surface area (Å²) in [7, 11) is 2.69. The molecule has 8 nitrogen and oxygen atoms in total. The molecule has 4 N–H and O–H groups in total. The first-order chi connectivity index (χ1) is 12.4. The zero-order valence-corrected chi connectivity index (χ0v) is 15.1. The number of aromatic amines is 2. The summed E-state index contributed by atoms with van der Waals surface area (Å²) in [6, 6.07) is 4.64. The van der Waals surface area contributed by atoms with Crippen molar-refractivity contribution in [3.8, 4) is 11.5 Å². The van der Waals surface area contributed by atoms with E-state index in [2.05, 4.69) is 15.3 Å². The summed E-state index contributed by atoms with van der Waals surface area (Å²) < 4.78 is 10.2. The summed E-state index contributed by atoms with van der Waals surface area (Å²) in [5, 5.41) is 12.9. The molecule has 1 aliphatic rings. The van der Waals surface area contributed by atoms with E-state index in [1.54, 1.807) is 19.1 Å². The largest absolute Gasteiger partial charge is 0.504 e. The Labute approximate surface area is 153 Å². The highest BCUT2D eigenvalue weighted by Gasteiger charge is 2.35. The number of benzene rings is 1. The number of hydrogen-bond donors (Lipinski definition) is 4. The van der Waals surface area contributed by atoms with Gasteiger partial charge in [-0.2, -0.15) is 0 Å². The van der Waals surface area contributed by atoms with Gasteiger partial charge >= 0.3 is 5.97 Å². The summed E-state index contributed by atoms with van der Waals surface area (Å²) >= 11 is 5.03. The van der Waals surface area contributed by atoms with Crippen molar-refractivity contribution in [2.45, 2.75) is 12.8 Å². The Hall–Kier alpha value is -3.07. The van der Waals surface area contributed by atoms with Crippen molar-refractivity contribution in [3.63, 3.8) is 0 Å². The molecular weight excluding hydrogens is 358 g/mol. The number of anilines is 1. The van der Waals surface area contributed by atoms with Crippen LogP contribution in [0.2, 0.25) is 0 Å². The second kappa shape index (κ2) is 6.68. The summed E-state index contributed by atoms with van der Waals surface area (Å²) in [4.78, 5) is 30.5. The highest BCUT2D eigenvalue weighted by atomic mass is 32.1. The summed E-state index contributed by atoms with van der Waals surface area (Å²) in [6.07, 6.45) is 0. The second-order valence-electron chi connectivity index (χ2n) is 5.72. The van der Waals surface area contributed by atoms with E-state index in [0.29, 0.717) is 17.1 Å². The first kappa shape index (κ1) is 17.7. The van der Waals surface area contributed by atoms with Gasteiger partial charge in [-0.1, -0.05) is 6.07 Å². The lowest BCUT2D eigenvalue weighted by Gasteiger charge is -2.28. The van der Waals surface area contributed by atoms with Gasteiger partial charge in [0.25, 0.3) is 5.56 Å². The lowest BCUT2D eigenvalue weighted by atomic mass is 9.82. The molecule has 0 bridgehead atoms. The Morgan fingerprint density at radius 2 is 2.00 bits per heavy atom. The normalized spacial score (nSPS) is 15.9. The zero-order valence-electron chi connectivity index (χ0n) is 14.3. The number of rotatable bonds is 3. The molecule has 26 heavy (non-hydrogen) atoms. The van der Waals surface area contributed by atoms with Crippen LogP contribution in [0.4, 0.5) is 5.82 Å². The number of esters is 1. The predicted octanol–water partition coefficient (Wildman–Crippen LogP) is 2.15. The molecule has 0 amide bonds. The number of hydrogen-bond acceptors (Lipinski definition) is 7. The summed E-state index contributed by atoms with van der Waals surface area (Å²) in [5.74, 6) is -0.721. The van der Waals surface area contributed by atoms with Crippen LogP contribution in [0, 0.1) is 4.77 Å². The Kier molecular flexibility index (Phi) is 4.56. The van der Waals surface area contributed by atoms with Crippen molar-refractivity contribution in [1.82, 2.24) is 9.97 Å². The maximum Gasteiger partial charge on any atom is 0.336 e. The third-order valence-electron chi connectivity index (χ3n) is 4.22. The summed E-state index contributed by atoms with van der Waals surface area (Å²) in [6.45, 7) is 1.71. The van der Waals surface area contributed by atoms with Gasteiger partial charge < -0.3 is 24.9 Å². The van der Waals surface area contributed by atoms with Crippen molar-refractivity contribution in [2.75, 3.05) is 19.5 Å². The maximum atomic E-state index is 12.6. The zero-order chi connectivity index (χ0) is 19.0. The SMILES string of the molecule is COC(=O)C1=C(C)Nc2[nH]c(=S)[nH]c(=O)c2C1c1ccc(O)c(OC)c1. The van der Waals surface area contributed by atoms with E-state index in [1.807, 2.05) is 0 Å². The van der Waals surface area contributed by atoms with Gasteiger partial charge in [-0.05, 0) is 36.8 Å². The molecule has 1 aromatic carbocycles. The second-order valence-corrected chi connectivity index (χ2v) is 6.12. The monoisotopic (exact) mass is 375 g/mol. The van der Waals surface area contributed by atoms with Gasteiger partial charge in [0.1, 0.15) is 5.82 Å². The van der Waals surface area contributed by atoms with E-state index in [1.165, 1.54) is 20.3 Å². The average Bonchev–Trinajstić information content (AvgIpc) is 2.60. The molecule has 1 aliphatic heterocycles. The van der Waals surface area contributed by atoms with E-state index in [-0.39, 0.29) is 27.4 Å². The molecule has 9 heteroatoms. The van der Waals surface area contributed by atoms with E-state index < -0.39 is 17.4 Å². The lowest BCUT2D eigenvalue weighted by Crippen LogP contribution is -2.30. The molecule has 1 unspecified atom stereocenters. The predicted molar refractivity (Wildman–Crippen MR) is 97.1 cm³/mol. The molecule has 0 saturated heterocycles. The quantitative estimate of drug-likeness (QED) is 0.480. The average molecular weight is 375 g/mol. The van der Waals surface area contributed by atoms with Crippen molar-refractivity contribution in [2.24, 2.45) is 0 Å². The number of nitrogens with one attached hydrogen (secondary N) is 3. The van der Waals surface area contributed by atoms with Crippen LogP contribution in [-0.4, -0.2) is 35.3 Å². The van der Waals surface area contributed by atoms with Crippen LogP contribution in [0.25, 0.3) is 0 Å². The van der Waals surface area contributed by atoms with Crippen LogP contribution in [0.5, 0.6) is 11.5 Å². The standard InChI is InChI=1S/C17H17N3O5S/c1-7-11(16(23)25-3)12(8-4-5-9(21)10(6-8)24-2)13-14(18-7)19-17(26)20-15(13)22/h4-6,12,21H,1-3H3,(H3,18,19,20,22,26). The van der Waals surface area contributed by atoms with E-state index in [0.717, 1.165) is 0 Å². The summed E-state index contributed by atoms with van der Waals surface area (Å²) in [5.41, 5.74) is 1.25. The number of aromatic hydroxyl groups is 1. The Bertz CT molecular complexity index is 1040. The third kappa shape index (κ3) is 2.86. The number of aromatic nitrogens is 2. The maximum absolute atomic E-state index is 12.6. The number of phenolic OH excluding ortho intramolecular Hbond substituents is 1. The molecule has 0 spiro atoms. The molecule has 0 aliphatic carbocycles. The number of allylic oxidation sites excluding steroid dienone is 1. The molecule has 0 radical (unpaired) electrons. The lowest BCUT2D eigenvalue weighted by molar-refractivity contribution is -0.136. The minimum atomic E-state index is -0.733. The molecule has 0 fully saturated rings.